The summed E-state index contributed by atoms with van der Waals surface area (Å²) in [6, 6.07) is 0.0365. The summed E-state index contributed by atoms with van der Waals surface area (Å²) in [4.78, 5) is 13.2. The number of nitrogens with one attached hydrogen (secondary N) is 1. The fourth-order valence-corrected chi connectivity index (χ4v) is 1.37. The number of rotatable bonds is 5. The number of carbonyl (C=O) groups excluding carboxylic acids is 1. The Morgan fingerprint density at radius 3 is 2.15 bits per heavy atom. The van der Waals surface area contributed by atoms with Gasteiger partial charge in [0.2, 0.25) is 0 Å². The second-order valence-corrected chi connectivity index (χ2v) is 3.28. The lowest BCUT2D eigenvalue weighted by Crippen LogP contribution is -2.40. The van der Waals surface area contributed by atoms with E-state index < -0.39 is 0 Å². The smallest absolute Gasteiger partial charge is 0.317 e. The SMILES string of the molecule is CCC(CC)CN(CC)C(=O)NC. The molecule has 0 unspecified atom stereocenters. The fraction of sp³-hybridized carbons (Fsp3) is 0.900. The van der Waals surface area contributed by atoms with Gasteiger partial charge in [0, 0.05) is 20.1 Å². The third kappa shape index (κ3) is 4.15. The van der Waals surface area contributed by atoms with Crippen molar-refractivity contribution in [3.05, 3.63) is 0 Å². The number of amides is 2. The highest BCUT2D eigenvalue weighted by Crippen LogP contribution is 2.09. The zero-order valence-electron chi connectivity index (χ0n) is 9.26. The first-order valence-corrected chi connectivity index (χ1v) is 5.16. The van der Waals surface area contributed by atoms with E-state index in [1.807, 2.05) is 11.8 Å². The monoisotopic (exact) mass is 186 g/mol. The second kappa shape index (κ2) is 6.75. The molecule has 0 rings (SSSR count). The van der Waals surface area contributed by atoms with Crippen LogP contribution in [0.2, 0.25) is 0 Å². The summed E-state index contributed by atoms with van der Waals surface area (Å²) in [6.45, 7) is 8.02. The van der Waals surface area contributed by atoms with Crippen LogP contribution in [0.25, 0.3) is 0 Å². The summed E-state index contributed by atoms with van der Waals surface area (Å²) >= 11 is 0. The van der Waals surface area contributed by atoms with E-state index in [9.17, 15) is 4.79 Å². The van der Waals surface area contributed by atoms with E-state index in [0.717, 1.165) is 25.9 Å². The lowest BCUT2D eigenvalue weighted by molar-refractivity contribution is 0.191. The van der Waals surface area contributed by atoms with E-state index in [1.165, 1.54) is 0 Å². The van der Waals surface area contributed by atoms with Crippen molar-refractivity contribution in [3.8, 4) is 0 Å². The first-order chi connectivity index (χ1) is 6.19. The van der Waals surface area contributed by atoms with Gasteiger partial charge < -0.3 is 10.2 Å². The minimum atomic E-state index is 0.0365. The standard InChI is InChI=1S/C10H22N2O/c1-5-9(6-2)8-12(7-3)10(13)11-4/h9H,5-8H2,1-4H3,(H,11,13). The van der Waals surface area contributed by atoms with Gasteiger partial charge in [0.15, 0.2) is 0 Å². The van der Waals surface area contributed by atoms with Crippen LogP contribution >= 0.6 is 0 Å². The van der Waals surface area contributed by atoms with Crippen LogP contribution in [0.3, 0.4) is 0 Å². The van der Waals surface area contributed by atoms with Gasteiger partial charge >= 0.3 is 6.03 Å². The Kier molecular flexibility index (Phi) is 6.37. The van der Waals surface area contributed by atoms with Crippen molar-refractivity contribution in [2.45, 2.75) is 33.6 Å². The van der Waals surface area contributed by atoms with Crippen LogP contribution in [0.1, 0.15) is 33.6 Å². The molecule has 0 aromatic carbocycles. The molecule has 0 aromatic heterocycles. The topological polar surface area (TPSA) is 32.3 Å². The summed E-state index contributed by atoms with van der Waals surface area (Å²) in [7, 11) is 1.68. The predicted octanol–water partition coefficient (Wildman–Crippen LogP) is 2.08. The van der Waals surface area contributed by atoms with Crippen molar-refractivity contribution < 1.29 is 4.79 Å². The number of hydrogen-bond donors (Lipinski definition) is 1. The van der Waals surface area contributed by atoms with Crippen molar-refractivity contribution in [2.75, 3.05) is 20.1 Å². The molecule has 1 N–H and O–H groups in total. The highest BCUT2D eigenvalue weighted by Gasteiger charge is 2.13. The molecule has 0 radical (unpaired) electrons. The minimum absolute atomic E-state index is 0.0365. The average molecular weight is 186 g/mol. The van der Waals surface area contributed by atoms with Crippen LogP contribution < -0.4 is 5.32 Å². The van der Waals surface area contributed by atoms with E-state index in [0.29, 0.717) is 5.92 Å². The van der Waals surface area contributed by atoms with Gasteiger partial charge in [-0.1, -0.05) is 26.7 Å². The Morgan fingerprint density at radius 2 is 1.85 bits per heavy atom. The zero-order chi connectivity index (χ0) is 10.3. The van der Waals surface area contributed by atoms with Crippen molar-refractivity contribution in [1.29, 1.82) is 0 Å². The maximum atomic E-state index is 11.3. The van der Waals surface area contributed by atoms with Crippen molar-refractivity contribution in [2.24, 2.45) is 5.92 Å². The van der Waals surface area contributed by atoms with Crippen LogP contribution in [-0.4, -0.2) is 31.1 Å². The predicted molar refractivity (Wildman–Crippen MR) is 55.8 cm³/mol. The number of carbonyl (C=O) groups is 1. The Morgan fingerprint density at radius 1 is 1.31 bits per heavy atom. The van der Waals surface area contributed by atoms with Gasteiger partial charge in [-0.25, -0.2) is 4.79 Å². The number of urea groups is 1. The van der Waals surface area contributed by atoms with E-state index >= 15 is 0 Å². The molecule has 0 atom stereocenters. The van der Waals surface area contributed by atoms with E-state index in [4.69, 9.17) is 0 Å². The van der Waals surface area contributed by atoms with Gasteiger partial charge in [0.25, 0.3) is 0 Å². The number of hydrogen-bond acceptors (Lipinski definition) is 1. The third-order valence-electron chi connectivity index (χ3n) is 2.52. The maximum Gasteiger partial charge on any atom is 0.317 e. The molecule has 0 saturated carbocycles. The molecule has 0 aromatic rings. The molecule has 0 aliphatic heterocycles. The normalized spacial score (nSPS) is 10.2. The highest BCUT2D eigenvalue weighted by atomic mass is 16.2. The lowest BCUT2D eigenvalue weighted by Gasteiger charge is -2.24. The van der Waals surface area contributed by atoms with Crippen LogP contribution in [0, 0.1) is 5.92 Å². The molecule has 0 aliphatic rings. The first kappa shape index (κ1) is 12.3. The molecule has 0 bridgehead atoms. The van der Waals surface area contributed by atoms with Crippen LogP contribution in [0.4, 0.5) is 4.79 Å². The van der Waals surface area contributed by atoms with Crippen LogP contribution in [-0.2, 0) is 0 Å². The Hall–Kier alpha value is -0.730. The van der Waals surface area contributed by atoms with Gasteiger partial charge in [-0.2, -0.15) is 0 Å². The van der Waals surface area contributed by atoms with E-state index in [1.54, 1.807) is 7.05 Å². The summed E-state index contributed by atoms with van der Waals surface area (Å²) in [5.74, 6) is 0.636. The molecule has 3 heteroatoms. The third-order valence-corrected chi connectivity index (χ3v) is 2.52. The molecule has 78 valence electrons. The molecular formula is C10H22N2O. The van der Waals surface area contributed by atoms with Crippen molar-refractivity contribution in [3.63, 3.8) is 0 Å². The van der Waals surface area contributed by atoms with Gasteiger partial charge in [-0.3, -0.25) is 0 Å². The molecule has 0 aliphatic carbocycles. The maximum absolute atomic E-state index is 11.3. The van der Waals surface area contributed by atoms with Gasteiger partial charge in [0.1, 0.15) is 0 Å². The van der Waals surface area contributed by atoms with E-state index in [2.05, 4.69) is 19.2 Å². The van der Waals surface area contributed by atoms with Crippen molar-refractivity contribution >= 4 is 6.03 Å². The Balaban J connectivity index is 4.02. The molecule has 0 fully saturated rings. The highest BCUT2D eigenvalue weighted by molar-refractivity contribution is 5.73. The molecule has 13 heavy (non-hydrogen) atoms. The second-order valence-electron chi connectivity index (χ2n) is 3.28. The molecule has 2 amide bonds. The Labute approximate surface area is 81.5 Å². The van der Waals surface area contributed by atoms with Gasteiger partial charge in [-0.05, 0) is 12.8 Å². The summed E-state index contributed by atoms with van der Waals surface area (Å²) in [5, 5.41) is 2.66. The fourth-order valence-electron chi connectivity index (χ4n) is 1.37. The molecule has 0 heterocycles. The first-order valence-electron chi connectivity index (χ1n) is 5.16. The largest absolute Gasteiger partial charge is 0.341 e. The van der Waals surface area contributed by atoms with Crippen LogP contribution in [0.15, 0.2) is 0 Å². The molecular weight excluding hydrogens is 164 g/mol. The van der Waals surface area contributed by atoms with Gasteiger partial charge in [0.05, 0.1) is 0 Å². The average Bonchev–Trinajstić information content (AvgIpc) is 2.19. The summed E-state index contributed by atoms with van der Waals surface area (Å²) in [5.41, 5.74) is 0. The zero-order valence-corrected chi connectivity index (χ0v) is 9.26. The molecule has 3 nitrogen and oxygen atoms in total. The quantitative estimate of drug-likeness (QED) is 0.700. The van der Waals surface area contributed by atoms with Gasteiger partial charge in [-0.15, -0.1) is 0 Å². The minimum Gasteiger partial charge on any atom is -0.341 e. The lowest BCUT2D eigenvalue weighted by atomic mass is 10.0. The van der Waals surface area contributed by atoms with Crippen molar-refractivity contribution in [1.82, 2.24) is 10.2 Å². The summed E-state index contributed by atoms with van der Waals surface area (Å²) < 4.78 is 0. The van der Waals surface area contributed by atoms with E-state index in [-0.39, 0.29) is 6.03 Å². The molecule has 0 spiro atoms. The summed E-state index contributed by atoms with van der Waals surface area (Å²) in [6.07, 6.45) is 2.29. The Bertz CT molecular complexity index is 144. The molecule has 0 saturated heterocycles. The number of nitrogens with zero attached hydrogens (tertiary/aromatic N) is 1. The van der Waals surface area contributed by atoms with Crippen LogP contribution in [0.5, 0.6) is 0 Å².